The lowest BCUT2D eigenvalue weighted by Crippen LogP contribution is -2.32. The van der Waals surface area contributed by atoms with Crippen LogP contribution < -0.4 is 4.72 Å². The Labute approximate surface area is 179 Å². The second-order valence-electron chi connectivity index (χ2n) is 6.54. The third-order valence-corrected chi connectivity index (χ3v) is 8.26. The van der Waals surface area contributed by atoms with Crippen LogP contribution in [0.5, 0.6) is 0 Å². The highest BCUT2D eigenvalue weighted by Crippen LogP contribution is 2.29. The molecular formula is C20H18ClFN2O4S2. The Morgan fingerprint density at radius 2 is 1.70 bits per heavy atom. The Kier molecular flexibility index (Phi) is 6.56. The number of hydrogen-bond acceptors (Lipinski definition) is 5. The highest BCUT2D eigenvalue weighted by Gasteiger charge is 2.31. The minimum atomic E-state index is -4.06. The highest BCUT2D eigenvalue weighted by molar-refractivity contribution is 7.92. The number of benzene rings is 2. The fraction of sp³-hybridized carbons (Fsp3) is 0.150. The van der Waals surface area contributed by atoms with Crippen LogP contribution in [0, 0.1) is 12.7 Å². The van der Waals surface area contributed by atoms with Crippen molar-refractivity contribution < 1.29 is 21.2 Å². The largest absolute Gasteiger partial charge is 0.264 e. The first-order valence-corrected chi connectivity index (χ1v) is 12.2. The molecule has 2 aromatic carbocycles. The SMILES string of the molecule is Cc1cc(S(=O)(=O)C(CNS(=O)(=O)c2ccc(Cl)cc2)c2cccnc2)ccc1F. The molecule has 1 unspecified atom stereocenters. The summed E-state index contributed by atoms with van der Waals surface area (Å²) in [6.45, 7) is 1.02. The molecule has 30 heavy (non-hydrogen) atoms. The van der Waals surface area contributed by atoms with Gasteiger partial charge >= 0.3 is 0 Å². The zero-order valence-electron chi connectivity index (χ0n) is 15.8. The van der Waals surface area contributed by atoms with Crippen LogP contribution in [-0.4, -0.2) is 28.4 Å². The van der Waals surface area contributed by atoms with Crippen molar-refractivity contribution in [2.24, 2.45) is 0 Å². The van der Waals surface area contributed by atoms with Crippen LogP contribution >= 0.6 is 11.6 Å². The van der Waals surface area contributed by atoms with E-state index in [0.29, 0.717) is 10.6 Å². The Bertz CT molecular complexity index is 1250. The van der Waals surface area contributed by atoms with Gasteiger partial charge in [0.05, 0.1) is 9.79 Å². The predicted molar refractivity (Wildman–Crippen MR) is 112 cm³/mol. The van der Waals surface area contributed by atoms with E-state index in [1.165, 1.54) is 49.6 Å². The van der Waals surface area contributed by atoms with Gasteiger partial charge in [-0.1, -0.05) is 17.7 Å². The molecule has 1 heterocycles. The molecule has 0 bridgehead atoms. The average molecular weight is 469 g/mol. The first kappa shape index (κ1) is 22.4. The second-order valence-corrected chi connectivity index (χ2v) is 10.9. The Morgan fingerprint density at radius 3 is 2.30 bits per heavy atom. The third-order valence-electron chi connectivity index (χ3n) is 4.47. The number of aryl methyl sites for hydroxylation is 1. The fourth-order valence-electron chi connectivity index (χ4n) is 2.81. The molecule has 0 fully saturated rings. The van der Waals surface area contributed by atoms with Crippen LogP contribution in [0.25, 0.3) is 0 Å². The Balaban J connectivity index is 1.97. The molecule has 1 atom stereocenters. The van der Waals surface area contributed by atoms with Crippen LogP contribution in [0.15, 0.2) is 76.8 Å². The van der Waals surface area contributed by atoms with E-state index in [9.17, 15) is 21.2 Å². The van der Waals surface area contributed by atoms with E-state index in [-0.39, 0.29) is 15.4 Å². The number of pyridine rings is 1. The average Bonchev–Trinajstić information content (AvgIpc) is 2.71. The lowest BCUT2D eigenvalue weighted by Gasteiger charge is -2.19. The van der Waals surface area contributed by atoms with Crippen molar-refractivity contribution in [1.29, 1.82) is 0 Å². The van der Waals surface area contributed by atoms with Crippen LogP contribution in [0.1, 0.15) is 16.4 Å². The molecule has 158 valence electrons. The van der Waals surface area contributed by atoms with E-state index in [1.807, 2.05) is 0 Å². The topological polar surface area (TPSA) is 93.2 Å². The van der Waals surface area contributed by atoms with Gasteiger partial charge in [-0.05, 0) is 66.6 Å². The summed E-state index contributed by atoms with van der Waals surface area (Å²) < 4.78 is 67.8. The fourth-order valence-corrected chi connectivity index (χ4v) is 5.82. The number of nitrogens with one attached hydrogen (secondary N) is 1. The molecule has 0 aliphatic heterocycles. The highest BCUT2D eigenvalue weighted by atomic mass is 35.5. The first-order chi connectivity index (χ1) is 14.1. The van der Waals surface area contributed by atoms with Crippen molar-refractivity contribution in [2.75, 3.05) is 6.54 Å². The standard InChI is InChI=1S/C20H18ClFN2O4S2/c1-14-11-18(8-9-19(14)22)29(25,26)20(15-3-2-10-23-12-15)13-24-30(27,28)17-6-4-16(21)5-7-17/h2-12,20,24H,13H2,1H3. The zero-order chi connectivity index (χ0) is 21.9. The molecule has 3 aromatic rings. The third kappa shape index (κ3) is 4.86. The monoisotopic (exact) mass is 468 g/mol. The maximum Gasteiger partial charge on any atom is 0.240 e. The Morgan fingerprint density at radius 1 is 1.03 bits per heavy atom. The van der Waals surface area contributed by atoms with Gasteiger partial charge < -0.3 is 0 Å². The van der Waals surface area contributed by atoms with E-state index in [2.05, 4.69) is 9.71 Å². The van der Waals surface area contributed by atoms with E-state index in [0.717, 1.165) is 12.1 Å². The molecule has 0 amide bonds. The predicted octanol–water partition coefficient (Wildman–Crippen LogP) is 3.68. The van der Waals surface area contributed by atoms with Crippen LogP contribution in [-0.2, 0) is 19.9 Å². The van der Waals surface area contributed by atoms with Crippen molar-refractivity contribution in [1.82, 2.24) is 9.71 Å². The smallest absolute Gasteiger partial charge is 0.240 e. The van der Waals surface area contributed by atoms with Crippen LogP contribution in [0.3, 0.4) is 0 Å². The van der Waals surface area contributed by atoms with Gasteiger partial charge in [-0.25, -0.2) is 25.9 Å². The number of aromatic nitrogens is 1. The number of rotatable bonds is 7. The molecule has 0 saturated carbocycles. The lowest BCUT2D eigenvalue weighted by molar-refractivity contribution is 0.568. The number of hydrogen-bond donors (Lipinski definition) is 1. The number of sulfonamides is 1. The van der Waals surface area contributed by atoms with Crippen molar-refractivity contribution >= 4 is 31.5 Å². The lowest BCUT2D eigenvalue weighted by atomic mass is 10.2. The summed E-state index contributed by atoms with van der Waals surface area (Å²) in [5.41, 5.74) is 0.473. The van der Waals surface area contributed by atoms with Crippen molar-refractivity contribution in [2.45, 2.75) is 22.0 Å². The molecule has 0 spiro atoms. The molecule has 3 rings (SSSR count). The molecule has 0 aliphatic carbocycles. The summed E-state index contributed by atoms with van der Waals surface area (Å²) in [5, 5.41) is -0.894. The van der Waals surface area contributed by atoms with E-state index in [4.69, 9.17) is 11.6 Å². The minimum absolute atomic E-state index is 0.0492. The van der Waals surface area contributed by atoms with Crippen molar-refractivity contribution in [3.8, 4) is 0 Å². The van der Waals surface area contributed by atoms with Gasteiger partial charge in [0, 0.05) is 24.0 Å². The minimum Gasteiger partial charge on any atom is -0.264 e. The summed E-state index contributed by atoms with van der Waals surface area (Å²) in [6.07, 6.45) is 2.84. The first-order valence-electron chi connectivity index (χ1n) is 8.76. The maximum absolute atomic E-state index is 13.6. The van der Waals surface area contributed by atoms with Gasteiger partial charge in [0.15, 0.2) is 9.84 Å². The molecule has 0 saturated heterocycles. The molecular weight excluding hydrogens is 451 g/mol. The maximum atomic E-state index is 13.6. The van der Waals surface area contributed by atoms with Crippen molar-refractivity contribution in [3.63, 3.8) is 0 Å². The molecule has 6 nitrogen and oxygen atoms in total. The normalized spacial score (nSPS) is 13.2. The number of nitrogens with zero attached hydrogens (tertiary/aromatic N) is 1. The molecule has 0 radical (unpaired) electrons. The zero-order valence-corrected chi connectivity index (χ0v) is 18.2. The van der Waals surface area contributed by atoms with E-state index in [1.54, 1.807) is 12.1 Å². The summed E-state index contributed by atoms with van der Waals surface area (Å²) in [7, 11) is -8.05. The summed E-state index contributed by atoms with van der Waals surface area (Å²) in [5.74, 6) is -0.532. The quantitative estimate of drug-likeness (QED) is 0.534. The van der Waals surface area contributed by atoms with Gasteiger partial charge in [0.2, 0.25) is 10.0 Å². The van der Waals surface area contributed by atoms with Gasteiger partial charge in [0.1, 0.15) is 11.1 Å². The molecule has 1 aromatic heterocycles. The summed E-state index contributed by atoms with van der Waals surface area (Å²) >= 11 is 5.79. The van der Waals surface area contributed by atoms with Gasteiger partial charge in [-0.2, -0.15) is 0 Å². The molecule has 0 aliphatic rings. The van der Waals surface area contributed by atoms with E-state index < -0.39 is 37.5 Å². The number of sulfone groups is 1. The van der Waals surface area contributed by atoms with Gasteiger partial charge in [0.25, 0.3) is 0 Å². The van der Waals surface area contributed by atoms with Crippen LogP contribution in [0.4, 0.5) is 4.39 Å². The van der Waals surface area contributed by atoms with Crippen molar-refractivity contribution in [3.05, 3.63) is 89.0 Å². The molecule has 1 N–H and O–H groups in total. The van der Waals surface area contributed by atoms with Gasteiger partial charge in [-0.15, -0.1) is 0 Å². The summed E-state index contributed by atoms with van der Waals surface area (Å²) in [6, 6.07) is 12.0. The van der Waals surface area contributed by atoms with Gasteiger partial charge in [-0.3, -0.25) is 4.98 Å². The molecule has 10 heteroatoms. The Hall–Kier alpha value is -2.33. The summed E-state index contributed by atoms with van der Waals surface area (Å²) in [4.78, 5) is 3.78. The second kappa shape index (κ2) is 8.81. The van der Waals surface area contributed by atoms with Crippen LogP contribution in [0.2, 0.25) is 5.02 Å². The van der Waals surface area contributed by atoms with E-state index >= 15 is 0 Å². The number of halogens is 2.